The van der Waals surface area contributed by atoms with E-state index in [0.29, 0.717) is 25.3 Å². The average Bonchev–Trinajstić information content (AvgIpc) is 3.59. The molecule has 0 bridgehead atoms. The summed E-state index contributed by atoms with van der Waals surface area (Å²) in [5.41, 5.74) is 0.684. The Morgan fingerprint density at radius 1 is 1.05 bits per heavy atom. The molecule has 1 amide bonds. The van der Waals surface area contributed by atoms with Crippen molar-refractivity contribution >= 4 is 17.7 Å². The van der Waals surface area contributed by atoms with E-state index in [1.807, 2.05) is 0 Å². The zero-order valence-corrected chi connectivity index (χ0v) is 21.7. The van der Waals surface area contributed by atoms with Crippen molar-refractivity contribution in [1.29, 1.82) is 0 Å². The first-order valence-corrected chi connectivity index (χ1v) is 13.3. The van der Waals surface area contributed by atoms with Crippen molar-refractivity contribution in [2.24, 2.45) is 0 Å². The highest BCUT2D eigenvalue weighted by Gasteiger charge is 2.44. The predicted octanol–water partition coefficient (Wildman–Crippen LogP) is 5.08. The molecule has 8 nitrogen and oxygen atoms in total. The molecule has 11 heteroatoms. The van der Waals surface area contributed by atoms with E-state index in [9.17, 15) is 22.8 Å². The van der Waals surface area contributed by atoms with Crippen molar-refractivity contribution < 1.29 is 27.9 Å². The van der Waals surface area contributed by atoms with Crippen LogP contribution >= 0.6 is 0 Å². The highest BCUT2D eigenvalue weighted by atomic mass is 19.4. The van der Waals surface area contributed by atoms with E-state index in [2.05, 4.69) is 28.7 Å². The number of carboxylic acids is 1. The largest absolute Gasteiger partial charge is 0.476 e. The minimum atomic E-state index is -4.40. The molecule has 0 saturated carbocycles. The van der Waals surface area contributed by atoms with Crippen LogP contribution in [0.1, 0.15) is 74.0 Å². The van der Waals surface area contributed by atoms with Gasteiger partial charge in [0, 0.05) is 49.1 Å². The molecule has 2 atom stereocenters. The number of carboxylic acid groups (broad SMARTS) is 1. The van der Waals surface area contributed by atoms with Crippen LogP contribution in [0.5, 0.6) is 0 Å². The van der Waals surface area contributed by atoms with Gasteiger partial charge in [-0.3, -0.25) is 4.90 Å². The fraction of sp³-hybridized carbons (Fsp3) is 0.593. The molecule has 38 heavy (non-hydrogen) atoms. The molecule has 0 aliphatic carbocycles. The molecule has 0 radical (unpaired) electrons. The lowest BCUT2D eigenvalue weighted by atomic mass is 9.84. The maximum Gasteiger partial charge on any atom is 0.416 e. The van der Waals surface area contributed by atoms with Gasteiger partial charge in [-0.15, -0.1) is 0 Å². The van der Waals surface area contributed by atoms with Crippen LogP contribution < -0.4 is 4.90 Å². The Morgan fingerprint density at radius 2 is 1.74 bits per heavy atom. The molecule has 4 heterocycles. The second-order valence-electron chi connectivity index (χ2n) is 11.0. The molecule has 1 unspecified atom stereocenters. The highest BCUT2D eigenvalue weighted by Crippen LogP contribution is 2.43. The lowest BCUT2D eigenvalue weighted by Gasteiger charge is -2.45. The van der Waals surface area contributed by atoms with E-state index in [1.165, 1.54) is 24.4 Å². The average molecular weight is 534 g/mol. The quantitative estimate of drug-likeness (QED) is 0.591. The van der Waals surface area contributed by atoms with Gasteiger partial charge in [-0.25, -0.2) is 9.59 Å². The number of amides is 1. The molecule has 3 aliphatic heterocycles. The van der Waals surface area contributed by atoms with Crippen LogP contribution in [0, 0.1) is 0 Å². The number of rotatable bonds is 4. The highest BCUT2D eigenvalue weighted by molar-refractivity contribution is 5.86. The number of hydrogen-bond acceptors (Lipinski definition) is 5. The third-order valence-corrected chi connectivity index (χ3v) is 8.71. The molecular formula is C27H34F3N5O3. The summed E-state index contributed by atoms with van der Waals surface area (Å²) >= 11 is 0. The maximum atomic E-state index is 13.6. The van der Waals surface area contributed by atoms with Gasteiger partial charge >= 0.3 is 18.2 Å². The lowest BCUT2D eigenvalue weighted by Crippen LogP contribution is -2.53. The van der Waals surface area contributed by atoms with Crippen LogP contribution in [0.15, 0.2) is 30.5 Å². The number of likely N-dealkylation sites (tertiary alicyclic amines) is 2. The standard InChI is InChI=1S/C27H34F3N5O3/c1-18-4-5-19(2)35(18)23-16-21(27(28,29)30)7-6-20(23)17-33-12-3-9-26(33)10-14-32(15-11-26)25(38)34-13-8-22(31-34)24(36)37/h6-8,13,16,18-19H,3-5,9-12,14-15,17H2,1-2H3,(H,36,37)/t18-,19?/m0/s1. The molecule has 5 rings (SSSR count). The topological polar surface area (TPSA) is 81.9 Å². The van der Waals surface area contributed by atoms with Crippen molar-refractivity contribution in [3.05, 3.63) is 47.3 Å². The van der Waals surface area contributed by atoms with Crippen LogP contribution in [0.4, 0.5) is 23.7 Å². The Labute approximate surface area is 220 Å². The number of aromatic nitrogens is 2. The molecule has 1 aromatic carbocycles. The van der Waals surface area contributed by atoms with Gasteiger partial charge in [0.1, 0.15) is 0 Å². The second kappa shape index (κ2) is 9.91. The van der Waals surface area contributed by atoms with Crippen LogP contribution in [0.3, 0.4) is 0 Å². The summed E-state index contributed by atoms with van der Waals surface area (Å²) in [6.07, 6.45) is 2.36. The van der Waals surface area contributed by atoms with Gasteiger partial charge in [-0.1, -0.05) is 6.07 Å². The Kier molecular flexibility index (Phi) is 6.91. The summed E-state index contributed by atoms with van der Waals surface area (Å²) < 4.78 is 42.0. The van der Waals surface area contributed by atoms with Gasteiger partial charge in [0.2, 0.25) is 0 Å². The zero-order valence-electron chi connectivity index (χ0n) is 21.7. The molecule has 1 N–H and O–H groups in total. The van der Waals surface area contributed by atoms with Crippen molar-refractivity contribution in [2.45, 2.75) is 82.7 Å². The maximum absolute atomic E-state index is 13.6. The number of anilines is 1. The molecule has 3 saturated heterocycles. The van der Waals surface area contributed by atoms with E-state index in [4.69, 9.17) is 5.11 Å². The summed E-state index contributed by atoms with van der Waals surface area (Å²) in [4.78, 5) is 30.3. The Balaban J connectivity index is 1.34. The lowest BCUT2D eigenvalue weighted by molar-refractivity contribution is -0.137. The Morgan fingerprint density at radius 3 is 2.34 bits per heavy atom. The Hall–Kier alpha value is -3.08. The van der Waals surface area contributed by atoms with E-state index >= 15 is 0 Å². The van der Waals surface area contributed by atoms with Gasteiger partial charge in [0.05, 0.1) is 5.56 Å². The number of benzene rings is 1. The number of carbonyl (C=O) groups excluding carboxylic acids is 1. The minimum Gasteiger partial charge on any atom is -0.476 e. The minimum absolute atomic E-state index is 0.116. The predicted molar refractivity (Wildman–Crippen MR) is 135 cm³/mol. The summed E-state index contributed by atoms with van der Waals surface area (Å²) in [6, 6.07) is 5.48. The smallest absolute Gasteiger partial charge is 0.416 e. The number of hydrogen-bond donors (Lipinski definition) is 1. The second-order valence-corrected chi connectivity index (χ2v) is 11.0. The van der Waals surface area contributed by atoms with Crippen LogP contribution in [0.2, 0.25) is 0 Å². The Bertz CT molecular complexity index is 1190. The summed E-state index contributed by atoms with van der Waals surface area (Å²) in [5.74, 6) is -1.18. The number of nitrogens with zero attached hydrogens (tertiary/aromatic N) is 5. The van der Waals surface area contributed by atoms with E-state index in [0.717, 1.165) is 55.3 Å². The molecular weight excluding hydrogens is 499 g/mol. The summed E-state index contributed by atoms with van der Waals surface area (Å²) in [7, 11) is 0. The van der Waals surface area contributed by atoms with Gasteiger partial charge in [0.15, 0.2) is 5.69 Å². The molecule has 2 aromatic rings. The van der Waals surface area contributed by atoms with E-state index in [1.54, 1.807) is 11.0 Å². The number of aromatic carboxylic acids is 1. The van der Waals surface area contributed by atoms with Gasteiger partial charge < -0.3 is 14.9 Å². The molecule has 3 fully saturated rings. The van der Waals surface area contributed by atoms with Gasteiger partial charge in [-0.05, 0) is 82.7 Å². The van der Waals surface area contributed by atoms with Crippen molar-refractivity contribution in [1.82, 2.24) is 19.6 Å². The first kappa shape index (κ1) is 26.5. The third kappa shape index (κ3) is 4.88. The van der Waals surface area contributed by atoms with Crippen molar-refractivity contribution in [2.75, 3.05) is 24.5 Å². The fourth-order valence-electron chi connectivity index (χ4n) is 6.60. The monoisotopic (exact) mass is 533 g/mol. The van der Waals surface area contributed by atoms with E-state index in [-0.39, 0.29) is 29.3 Å². The van der Waals surface area contributed by atoms with Gasteiger partial charge in [-0.2, -0.15) is 23.0 Å². The fourth-order valence-corrected chi connectivity index (χ4v) is 6.60. The van der Waals surface area contributed by atoms with Crippen molar-refractivity contribution in [3.63, 3.8) is 0 Å². The van der Waals surface area contributed by atoms with Crippen LogP contribution in [-0.4, -0.2) is 73.9 Å². The van der Waals surface area contributed by atoms with Gasteiger partial charge in [0.25, 0.3) is 0 Å². The normalized spacial score (nSPS) is 23.9. The number of piperidine rings is 1. The van der Waals surface area contributed by atoms with Crippen molar-refractivity contribution in [3.8, 4) is 0 Å². The number of alkyl halides is 3. The molecule has 3 aliphatic rings. The summed E-state index contributed by atoms with van der Waals surface area (Å²) in [6.45, 7) is 6.61. The molecule has 206 valence electrons. The van der Waals surface area contributed by atoms with Crippen LogP contribution in [0.25, 0.3) is 0 Å². The first-order chi connectivity index (χ1) is 18.0. The summed E-state index contributed by atoms with van der Waals surface area (Å²) in [5, 5.41) is 12.9. The third-order valence-electron chi connectivity index (χ3n) is 8.71. The number of carbonyl (C=O) groups is 2. The van der Waals surface area contributed by atoms with Crippen LogP contribution in [-0.2, 0) is 12.7 Å². The number of halogens is 3. The molecule has 1 aromatic heterocycles. The first-order valence-electron chi connectivity index (χ1n) is 13.3. The SMILES string of the molecule is CC1CC[C@H](C)N1c1cc(C(F)(F)F)ccc1CN1CCCC12CCN(C(=O)n1ccc(C(=O)O)n1)CC2. The zero-order chi connectivity index (χ0) is 27.2. The van der Waals surface area contributed by atoms with E-state index < -0.39 is 17.7 Å². The molecule has 1 spiro atoms.